The lowest BCUT2D eigenvalue weighted by molar-refractivity contribution is 0.503. The van der Waals surface area contributed by atoms with E-state index in [0.29, 0.717) is 18.6 Å². The van der Waals surface area contributed by atoms with Gasteiger partial charge in [0.15, 0.2) is 5.76 Å². The number of nitrogens with zero attached hydrogens (tertiary/aromatic N) is 1. The third-order valence-electron chi connectivity index (χ3n) is 3.12. The van der Waals surface area contributed by atoms with Crippen molar-refractivity contribution in [3.63, 3.8) is 0 Å². The number of sulfonamides is 1. The summed E-state index contributed by atoms with van der Waals surface area (Å²) in [5, 5.41) is 0. The summed E-state index contributed by atoms with van der Waals surface area (Å²) in [5.74, 6) is 5.63. The van der Waals surface area contributed by atoms with Gasteiger partial charge in [-0.15, -0.1) is 12.3 Å². The van der Waals surface area contributed by atoms with E-state index >= 15 is 0 Å². The van der Waals surface area contributed by atoms with Crippen molar-refractivity contribution in [1.29, 1.82) is 0 Å². The molecule has 0 atom stereocenters. The summed E-state index contributed by atoms with van der Waals surface area (Å²) in [6, 6.07) is 12.7. The predicted molar refractivity (Wildman–Crippen MR) is 88.7 cm³/mol. The minimum atomic E-state index is -3.70. The lowest BCUT2D eigenvalue weighted by Gasteiger charge is -2.17. The fourth-order valence-electron chi connectivity index (χ4n) is 1.87. The van der Waals surface area contributed by atoms with E-state index < -0.39 is 10.0 Å². The largest absolute Gasteiger partial charge is 0.456 e. The molecular weight excluding hydrogens is 310 g/mol. The highest BCUT2D eigenvalue weighted by Gasteiger charge is 2.21. The van der Waals surface area contributed by atoms with E-state index in [1.54, 1.807) is 36.4 Å². The summed E-state index contributed by atoms with van der Waals surface area (Å²) in [4.78, 5) is 0.206. The van der Waals surface area contributed by atoms with Crippen molar-refractivity contribution in [3.05, 3.63) is 54.0 Å². The molecule has 1 aromatic heterocycles. The van der Waals surface area contributed by atoms with Crippen molar-refractivity contribution in [2.75, 3.05) is 6.54 Å². The lowest BCUT2D eigenvalue weighted by atomic mass is 10.2. The van der Waals surface area contributed by atoms with Gasteiger partial charge in [0.2, 0.25) is 0 Å². The van der Waals surface area contributed by atoms with Crippen molar-refractivity contribution >= 4 is 10.0 Å². The second kappa shape index (κ2) is 7.58. The van der Waals surface area contributed by atoms with Gasteiger partial charge in [0.05, 0.1) is 11.2 Å². The molecule has 0 aliphatic rings. The quantitative estimate of drug-likeness (QED) is 0.482. The normalized spacial score (nSPS) is 10.4. The monoisotopic (exact) mass is 327 g/mol. The van der Waals surface area contributed by atoms with Gasteiger partial charge in [-0.25, -0.2) is 12.7 Å². The fraction of sp³-hybridized carbons (Fsp3) is 0.222. The average Bonchev–Trinajstić information content (AvgIpc) is 3.04. The van der Waals surface area contributed by atoms with Gasteiger partial charge >= 0.3 is 0 Å². The van der Waals surface area contributed by atoms with Gasteiger partial charge in [0, 0.05) is 19.0 Å². The molecule has 23 heavy (non-hydrogen) atoms. The van der Waals surface area contributed by atoms with Gasteiger partial charge in [0.1, 0.15) is 0 Å². The molecule has 2 rings (SSSR count). The molecule has 1 heterocycles. The third-order valence-corrected chi connectivity index (χ3v) is 4.84. The summed E-state index contributed by atoms with van der Waals surface area (Å²) in [5.41, 5.74) is 0.990. The van der Waals surface area contributed by atoms with Crippen LogP contribution in [0.25, 0.3) is 0 Å². The first-order chi connectivity index (χ1) is 11.0. The summed E-state index contributed by atoms with van der Waals surface area (Å²) < 4.78 is 31.7. The molecule has 0 amide bonds. The molecular formula is C18H17NO3S. The zero-order valence-corrected chi connectivity index (χ0v) is 13.6. The highest BCUT2D eigenvalue weighted by atomic mass is 32.2. The molecule has 0 radical (unpaired) electrons. The molecule has 0 spiro atoms. The molecule has 0 bridgehead atoms. The van der Waals surface area contributed by atoms with E-state index in [1.165, 1.54) is 6.26 Å². The molecule has 0 unspecified atom stereocenters. The number of terminal acetylenes is 1. The van der Waals surface area contributed by atoms with Crippen LogP contribution in [-0.2, 0) is 10.0 Å². The first-order valence-corrected chi connectivity index (χ1v) is 8.56. The van der Waals surface area contributed by atoms with E-state index in [9.17, 15) is 8.42 Å². The Morgan fingerprint density at radius 1 is 1.22 bits per heavy atom. The minimum Gasteiger partial charge on any atom is -0.456 e. The number of unbranched alkanes of at least 4 members (excludes halogenated alkanes) is 1. The molecule has 0 fully saturated rings. The third kappa shape index (κ3) is 4.42. The molecule has 5 heteroatoms. The first-order valence-electron chi connectivity index (χ1n) is 7.12. The maximum Gasteiger partial charge on any atom is 0.270 e. The second-order valence-electron chi connectivity index (χ2n) is 4.91. The van der Waals surface area contributed by atoms with Crippen LogP contribution < -0.4 is 0 Å². The van der Waals surface area contributed by atoms with Crippen LogP contribution >= 0.6 is 0 Å². The Bertz CT molecular complexity index is 832. The standard InChI is InChI=1S/C18H17NO3S/c1-3-4-5-13-19(14-12-17-7-6-15-22-17)23(20,21)18-10-8-16(2)9-11-18/h1,6-11,15H,4-5,13H2,2H3. The van der Waals surface area contributed by atoms with E-state index in [-0.39, 0.29) is 11.4 Å². The zero-order valence-electron chi connectivity index (χ0n) is 12.8. The Balaban J connectivity index is 2.31. The molecule has 0 N–H and O–H groups in total. The average molecular weight is 327 g/mol. The van der Waals surface area contributed by atoms with Crippen molar-refractivity contribution in [2.24, 2.45) is 0 Å². The SMILES string of the molecule is C#CCCCN(C#Cc1ccco1)S(=O)(=O)c1ccc(C)cc1. The van der Waals surface area contributed by atoms with Gasteiger partial charge < -0.3 is 4.42 Å². The van der Waals surface area contributed by atoms with Crippen LogP contribution in [-0.4, -0.2) is 19.3 Å². The van der Waals surface area contributed by atoms with Crippen LogP contribution in [0.3, 0.4) is 0 Å². The summed E-state index contributed by atoms with van der Waals surface area (Å²) >= 11 is 0. The van der Waals surface area contributed by atoms with Gasteiger partial charge in [-0.3, -0.25) is 0 Å². The van der Waals surface area contributed by atoms with Crippen molar-refractivity contribution < 1.29 is 12.8 Å². The number of benzene rings is 1. The summed E-state index contributed by atoms with van der Waals surface area (Å²) in [7, 11) is -3.70. The van der Waals surface area contributed by atoms with Crippen LogP contribution in [0.1, 0.15) is 24.2 Å². The molecule has 0 aliphatic heterocycles. The Kier molecular flexibility index (Phi) is 5.51. The molecule has 1 aromatic carbocycles. The first kappa shape index (κ1) is 16.7. The lowest BCUT2D eigenvalue weighted by Crippen LogP contribution is -2.27. The van der Waals surface area contributed by atoms with E-state index in [2.05, 4.69) is 17.9 Å². The van der Waals surface area contributed by atoms with Crippen LogP contribution in [0.2, 0.25) is 0 Å². The van der Waals surface area contributed by atoms with Crippen LogP contribution in [0.4, 0.5) is 0 Å². The number of hydrogen-bond acceptors (Lipinski definition) is 3. The molecule has 2 aromatic rings. The van der Waals surface area contributed by atoms with Gasteiger partial charge in [-0.1, -0.05) is 17.7 Å². The molecule has 0 saturated carbocycles. The molecule has 4 nitrogen and oxygen atoms in total. The highest BCUT2D eigenvalue weighted by Crippen LogP contribution is 2.16. The Hall–Kier alpha value is -2.63. The number of aryl methyl sites for hydroxylation is 1. The van der Waals surface area contributed by atoms with Crippen molar-refractivity contribution in [3.8, 4) is 24.3 Å². The summed E-state index contributed by atoms with van der Waals surface area (Å²) in [6.07, 6.45) is 7.75. The molecule has 118 valence electrons. The Labute approximate surface area is 137 Å². The molecule has 0 aliphatic carbocycles. The van der Waals surface area contributed by atoms with Gasteiger partial charge in [0.25, 0.3) is 10.0 Å². The maximum absolute atomic E-state index is 12.7. The van der Waals surface area contributed by atoms with E-state index in [1.807, 2.05) is 6.92 Å². The van der Waals surface area contributed by atoms with Crippen molar-refractivity contribution in [1.82, 2.24) is 4.31 Å². The van der Waals surface area contributed by atoms with Gasteiger partial charge in [-0.05, 0) is 43.5 Å². The maximum atomic E-state index is 12.7. The van der Waals surface area contributed by atoms with Gasteiger partial charge in [-0.2, -0.15) is 0 Å². The Morgan fingerprint density at radius 2 is 1.96 bits per heavy atom. The highest BCUT2D eigenvalue weighted by molar-refractivity contribution is 7.89. The molecule has 0 saturated heterocycles. The summed E-state index contributed by atoms with van der Waals surface area (Å²) in [6.45, 7) is 2.13. The minimum absolute atomic E-state index is 0.206. The van der Waals surface area contributed by atoms with E-state index in [4.69, 9.17) is 10.8 Å². The van der Waals surface area contributed by atoms with Crippen molar-refractivity contribution in [2.45, 2.75) is 24.7 Å². The second-order valence-corrected chi connectivity index (χ2v) is 6.77. The van der Waals surface area contributed by atoms with E-state index in [0.717, 1.165) is 9.87 Å². The van der Waals surface area contributed by atoms with Crippen LogP contribution in [0, 0.1) is 31.2 Å². The van der Waals surface area contributed by atoms with Crippen LogP contribution in [0.15, 0.2) is 52.0 Å². The smallest absolute Gasteiger partial charge is 0.270 e. The fourth-order valence-corrected chi connectivity index (χ4v) is 3.14. The number of hydrogen-bond donors (Lipinski definition) is 0. The predicted octanol–water partition coefficient (Wildman–Crippen LogP) is 3.00. The zero-order chi connectivity index (χ0) is 16.7. The Morgan fingerprint density at radius 3 is 2.57 bits per heavy atom. The van der Waals surface area contributed by atoms with Crippen LogP contribution in [0.5, 0.6) is 0 Å². The number of furan rings is 1. The number of rotatable bonds is 5. The topological polar surface area (TPSA) is 50.5 Å².